The van der Waals surface area contributed by atoms with E-state index in [1.54, 1.807) is 0 Å². The minimum absolute atomic E-state index is 0.158. The van der Waals surface area contributed by atoms with Crippen LogP contribution >= 0.6 is 0 Å². The van der Waals surface area contributed by atoms with Gasteiger partial charge in [-0.2, -0.15) is 0 Å². The van der Waals surface area contributed by atoms with Gasteiger partial charge in [-0.1, -0.05) is 30.3 Å². The largest absolute Gasteiger partial charge is 0.445 e. The van der Waals surface area contributed by atoms with Crippen molar-refractivity contribution >= 4 is 6.09 Å². The van der Waals surface area contributed by atoms with Gasteiger partial charge in [0, 0.05) is 0 Å². The number of rotatable bonds is 4. The Labute approximate surface area is 119 Å². The SMILES string of the molecule is C[C@H](NC(=O)OCc1ccccc1)[C@@H]1COC(C)(C)O1. The van der Waals surface area contributed by atoms with E-state index in [0.29, 0.717) is 6.61 Å². The Morgan fingerprint density at radius 2 is 2.15 bits per heavy atom. The molecule has 1 aromatic rings. The van der Waals surface area contributed by atoms with Gasteiger partial charge < -0.3 is 19.5 Å². The molecule has 1 aliphatic heterocycles. The first-order valence-electron chi connectivity index (χ1n) is 6.75. The van der Waals surface area contributed by atoms with E-state index in [1.807, 2.05) is 51.1 Å². The number of benzene rings is 1. The van der Waals surface area contributed by atoms with Crippen molar-refractivity contribution in [2.75, 3.05) is 6.61 Å². The Bertz CT molecular complexity index is 446. The van der Waals surface area contributed by atoms with Crippen molar-refractivity contribution in [2.45, 2.75) is 45.3 Å². The first-order valence-corrected chi connectivity index (χ1v) is 6.75. The minimum atomic E-state index is -0.589. The maximum Gasteiger partial charge on any atom is 0.407 e. The summed E-state index contributed by atoms with van der Waals surface area (Å²) in [5.41, 5.74) is 0.955. The smallest absolute Gasteiger partial charge is 0.407 e. The van der Waals surface area contributed by atoms with Crippen LogP contribution in [-0.2, 0) is 20.8 Å². The van der Waals surface area contributed by atoms with Gasteiger partial charge in [-0.25, -0.2) is 4.79 Å². The molecular weight excluding hydrogens is 258 g/mol. The highest BCUT2D eigenvalue weighted by Gasteiger charge is 2.36. The maximum atomic E-state index is 11.7. The molecule has 5 heteroatoms. The molecule has 0 spiro atoms. The zero-order chi connectivity index (χ0) is 14.6. The monoisotopic (exact) mass is 279 g/mol. The summed E-state index contributed by atoms with van der Waals surface area (Å²) in [6, 6.07) is 9.39. The summed E-state index contributed by atoms with van der Waals surface area (Å²) >= 11 is 0. The number of ether oxygens (including phenoxy) is 3. The summed E-state index contributed by atoms with van der Waals surface area (Å²) < 4.78 is 16.3. The van der Waals surface area contributed by atoms with Crippen LogP contribution in [0.2, 0.25) is 0 Å². The van der Waals surface area contributed by atoms with E-state index >= 15 is 0 Å². The summed E-state index contributed by atoms with van der Waals surface area (Å²) in [4.78, 5) is 11.7. The second kappa shape index (κ2) is 6.24. The summed E-state index contributed by atoms with van der Waals surface area (Å²) in [5, 5.41) is 2.76. The fourth-order valence-electron chi connectivity index (χ4n) is 2.01. The molecule has 1 amide bonds. The molecule has 0 saturated carbocycles. The Morgan fingerprint density at radius 3 is 2.75 bits per heavy atom. The molecule has 110 valence electrons. The molecule has 0 aromatic heterocycles. The quantitative estimate of drug-likeness (QED) is 0.919. The van der Waals surface area contributed by atoms with E-state index in [2.05, 4.69) is 5.32 Å². The number of hydrogen-bond acceptors (Lipinski definition) is 4. The van der Waals surface area contributed by atoms with Crippen molar-refractivity contribution in [3.8, 4) is 0 Å². The highest BCUT2D eigenvalue weighted by molar-refractivity contribution is 5.67. The molecule has 2 atom stereocenters. The average molecular weight is 279 g/mol. The van der Waals surface area contributed by atoms with E-state index in [9.17, 15) is 4.79 Å². The average Bonchev–Trinajstić information content (AvgIpc) is 2.78. The molecule has 0 unspecified atom stereocenters. The fraction of sp³-hybridized carbons (Fsp3) is 0.533. The molecule has 1 saturated heterocycles. The van der Waals surface area contributed by atoms with Gasteiger partial charge in [0.25, 0.3) is 0 Å². The molecule has 1 heterocycles. The van der Waals surface area contributed by atoms with Crippen molar-refractivity contribution in [3.05, 3.63) is 35.9 Å². The molecule has 20 heavy (non-hydrogen) atoms. The molecule has 0 aliphatic carbocycles. The van der Waals surface area contributed by atoms with Crippen LogP contribution in [0.5, 0.6) is 0 Å². The van der Waals surface area contributed by atoms with E-state index < -0.39 is 11.9 Å². The second-order valence-electron chi connectivity index (χ2n) is 5.36. The van der Waals surface area contributed by atoms with Crippen LogP contribution in [0.3, 0.4) is 0 Å². The Balaban J connectivity index is 1.74. The van der Waals surface area contributed by atoms with E-state index in [1.165, 1.54) is 0 Å². The summed E-state index contributed by atoms with van der Waals surface area (Å²) in [6.07, 6.45) is -0.607. The van der Waals surface area contributed by atoms with Gasteiger partial charge in [-0.3, -0.25) is 0 Å². The third-order valence-corrected chi connectivity index (χ3v) is 3.15. The standard InChI is InChI=1S/C15H21NO4/c1-11(13-10-19-15(2,3)20-13)16-14(17)18-9-12-7-5-4-6-8-12/h4-8,11,13H,9-10H2,1-3H3,(H,16,17)/t11-,13-/m0/s1. The van der Waals surface area contributed by atoms with E-state index in [4.69, 9.17) is 14.2 Å². The lowest BCUT2D eigenvalue weighted by molar-refractivity contribution is -0.140. The molecule has 5 nitrogen and oxygen atoms in total. The first kappa shape index (κ1) is 14.8. The van der Waals surface area contributed by atoms with Gasteiger partial charge in [-0.15, -0.1) is 0 Å². The summed E-state index contributed by atoms with van der Waals surface area (Å²) in [6.45, 7) is 6.31. The highest BCUT2D eigenvalue weighted by Crippen LogP contribution is 2.24. The van der Waals surface area contributed by atoms with Crippen LogP contribution in [0.1, 0.15) is 26.3 Å². The van der Waals surface area contributed by atoms with Crippen molar-refractivity contribution in [1.29, 1.82) is 0 Å². The highest BCUT2D eigenvalue weighted by atomic mass is 16.7. The lowest BCUT2D eigenvalue weighted by atomic mass is 10.2. The van der Waals surface area contributed by atoms with Crippen molar-refractivity contribution < 1.29 is 19.0 Å². The predicted molar refractivity (Wildman–Crippen MR) is 74.1 cm³/mol. The Morgan fingerprint density at radius 1 is 1.45 bits per heavy atom. The molecule has 0 bridgehead atoms. The number of nitrogens with one attached hydrogen (secondary N) is 1. The van der Waals surface area contributed by atoms with Gasteiger partial charge >= 0.3 is 6.09 Å². The van der Waals surface area contributed by atoms with E-state index in [0.717, 1.165) is 5.56 Å². The number of carbonyl (C=O) groups excluding carboxylic acids is 1. The topological polar surface area (TPSA) is 56.8 Å². The zero-order valence-electron chi connectivity index (χ0n) is 12.1. The summed E-state index contributed by atoms with van der Waals surface area (Å²) in [5.74, 6) is -0.589. The lowest BCUT2D eigenvalue weighted by Gasteiger charge is -2.21. The number of hydrogen-bond donors (Lipinski definition) is 1. The summed E-state index contributed by atoms with van der Waals surface area (Å²) in [7, 11) is 0. The molecule has 1 fully saturated rings. The van der Waals surface area contributed by atoms with Crippen molar-refractivity contribution in [1.82, 2.24) is 5.32 Å². The van der Waals surface area contributed by atoms with E-state index in [-0.39, 0.29) is 18.8 Å². The van der Waals surface area contributed by atoms with Gasteiger partial charge in [-0.05, 0) is 26.3 Å². The molecule has 1 aromatic carbocycles. The maximum absolute atomic E-state index is 11.7. The van der Waals surface area contributed by atoms with Gasteiger partial charge in [0.2, 0.25) is 0 Å². The second-order valence-corrected chi connectivity index (χ2v) is 5.36. The third kappa shape index (κ3) is 4.21. The van der Waals surface area contributed by atoms with Crippen LogP contribution in [0.15, 0.2) is 30.3 Å². The third-order valence-electron chi connectivity index (χ3n) is 3.15. The number of carbonyl (C=O) groups is 1. The fourth-order valence-corrected chi connectivity index (χ4v) is 2.01. The Hall–Kier alpha value is -1.59. The van der Waals surface area contributed by atoms with Crippen molar-refractivity contribution in [3.63, 3.8) is 0 Å². The van der Waals surface area contributed by atoms with Crippen LogP contribution in [0.25, 0.3) is 0 Å². The lowest BCUT2D eigenvalue weighted by Crippen LogP contribution is -2.43. The Kier molecular flexibility index (Phi) is 4.62. The molecular formula is C15H21NO4. The van der Waals surface area contributed by atoms with Crippen molar-refractivity contribution in [2.24, 2.45) is 0 Å². The van der Waals surface area contributed by atoms with Crippen LogP contribution in [0.4, 0.5) is 4.79 Å². The van der Waals surface area contributed by atoms with Gasteiger partial charge in [0.05, 0.1) is 12.6 Å². The van der Waals surface area contributed by atoms with Crippen LogP contribution in [0, 0.1) is 0 Å². The molecule has 2 rings (SSSR count). The zero-order valence-corrected chi connectivity index (χ0v) is 12.1. The minimum Gasteiger partial charge on any atom is -0.445 e. The number of alkyl carbamates (subject to hydrolysis) is 1. The normalized spacial score (nSPS) is 22.2. The predicted octanol–water partition coefficient (Wildman–Crippen LogP) is 2.45. The number of amides is 1. The first-order chi connectivity index (χ1) is 9.46. The van der Waals surface area contributed by atoms with Gasteiger partial charge in [0.1, 0.15) is 12.7 Å². The molecule has 1 aliphatic rings. The van der Waals surface area contributed by atoms with Crippen LogP contribution < -0.4 is 5.32 Å². The van der Waals surface area contributed by atoms with Gasteiger partial charge in [0.15, 0.2) is 5.79 Å². The van der Waals surface area contributed by atoms with Crippen LogP contribution in [-0.4, -0.2) is 30.6 Å². The molecule has 0 radical (unpaired) electrons. The molecule has 1 N–H and O–H groups in total.